The number of rotatable bonds is 5. The summed E-state index contributed by atoms with van der Waals surface area (Å²) in [7, 11) is 1.86. The van der Waals surface area contributed by atoms with Crippen LogP contribution in [0.15, 0.2) is 36.7 Å². The van der Waals surface area contributed by atoms with E-state index in [1.165, 1.54) is 0 Å². The van der Waals surface area contributed by atoms with Crippen molar-refractivity contribution in [3.63, 3.8) is 0 Å². The van der Waals surface area contributed by atoms with Gasteiger partial charge in [-0.3, -0.25) is 9.48 Å². The third-order valence-electron chi connectivity index (χ3n) is 3.28. The summed E-state index contributed by atoms with van der Waals surface area (Å²) in [6.07, 6.45) is 4.75. The smallest absolute Gasteiger partial charge is 0.220 e. The van der Waals surface area contributed by atoms with E-state index in [-0.39, 0.29) is 11.9 Å². The Balaban J connectivity index is 1.85. The minimum Gasteiger partial charge on any atom is -0.399 e. The highest BCUT2D eigenvalue weighted by Gasteiger charge is 2.11. The number of nitrogens with two attached hydrogens (primary N) is 1. The van der Waals surface area contributed by atoms with Gasteiger partial charge in [0.2, 0.25) is 5.91 Å². The van der Waals surface area contributed by atoms with E-state index in [0.717, 1.165) is 16.8 Å². The molecule has 106 valence electrons. The summed E-state index contributed by atoms with van der Waals surface area (Å²) < 4.78 is 1.72. The summed E-state index contributed by atoms with van der Waals surface area (Å²) in [5.41, 5.74) is 8.61. The lowest BCUT2D eigenvalue weighted by Crippen LogP contribution is -2.26. The number of anilines is 1. The normalized spacial score (nSPS) is 12.1. The minimum atomic E-state index is -0.0377. The van der Waals surface area contributed by atoms with Crippen molar-refractivity contribution >= 4 is 11.6 Å². The van der Waals surface area contributed by atoms with Crippen LogP contribution in [0.5, 0.6) is 0 Å². The quantitative estimate of drug-likeness (QED) is 0.815. The number of nitrogen functional groups attached to an aromatic ring is 1. The Morgan fingerprint density at radius 2 is 2.20 bits per heavy atom. The maximum Gasteiger partial charge on any atom is 0.220 e. The van der Waals surface area contributed by atoms with E-state index in [9.17, 15) is 4.79 Å². The standard InChI is InChI=1S/C15H20N4O/c1-11(13-9-17-19(2)10-13)18-15(20)8-7-12-5-3-4-6-14(12)16/h3-6,9-11H,7-8,16H2,1-2H3,(H,18,20). The fraction of sp³-hybridized carbons (Fsp3) is 0.333. The van der Waals surface area contributed by atoms with Crippen LogP contribution in [0.2, 0.25) is 0 Å². The van der Waals surface area contributed by atoms with Crippen LogP contribution in [0.25, 0.3) is 0 Å². The average Bonchev–Trinajstić information content (AvgIpc) is 2.84. The number of hydrogen-bond donors (Lipinski definition) is 2. The van der Waals surface area contributed by atoms with E-state index < -0.39 is 0 Å². The van der Waals surface area contributed by atoms with Crippen LogP contribution in [-0.4, -0.2) is 15.7 Å². The summed E-state index contributed by atoms with van der Waals surface area (Å²) in [5, 5.41) is 7.07. The molecule has 1 atom stereocenters. The largest absolute Gasteiger partial charge is 0.399 e. The molecule has 5 heteroatoms. The second kappa shape index (κ2) is 6.23. The van der Waals surface area contributed by atoms with Crippen LogP contribution in [0.4, 0.5) is 5.69 Å². The third kappa shape index (κ3) is 3.60. The lowest BCUT2D eigenvalue weighted by Gasteiger charge is -2.12. The Morgan fingerprint density at radius 1 is 1.45 bits per heavy atom. The van der Waals surface area contributed by atoms with Crippen LogP contribution >= 0.6 is 0 Å². The number of carbonyl (C=O) groups excluding carboxylic acids is 1. The molecule has 0 aliphatic heterocycles. The molecule has 0 aliphatic carbocycles. The first-order valence-corrected chi connectivity index (χ1v) is 6.67. The van der Waals surface area contributed by atoms with Crippen molar-refractivity contribution in [3.05, 3.63) is 47.8 Å². The lowest BCUT2D eigenvalue weighted by molar-refractivity contribution is -0.121. The zero-order valence-electron chi connectivity index (χ0n) is 11.8. The molecule has 20 heavy (non-hydrogen) atoms. The van der Waals surface area contributed by atoms with Crippen LogP contribution in [0.3, 0.4) is 0 Å². The van der Waals surface area contributed by atoms with E-state index in [2.05, 4.69) is 10.4 Å². The highest BCUT2D eigenvalue weighted by atomic mass is 16.1. The number of carbonyl (C=O) groups is 1. The van der Waals surface area contributed by atoms with E-state index in [1.54, 1.807) is 10.9 Å². The van der Waals surface area contributed by atoms with Gasteiger partial charge in [-0.15, -0.1) is 0 Å². The molecule has 0 bridgehead atoms. The second-order valence-electron chi connectivity index (χ2n) is 4.94. The number of amides is 1. The molecule has 0 aliphatic rings. The first kappa shape index (κ1) is 14.1. The van der Waals surface area contributed by atoms with Gasteiger partial charge < -0.3 is 11.1 Å². The van der Waals surface area contributed by atoms with Gasteiger partial charge in [0.05, 0.1) is 12.2 Å². The molecule has 0 spiro atoms. The van der Waals surface area contributed by atoms with Crippen molar-refractivity contribution in [2.45, 2.75) is 25.8 Å². The maximum absolute atomic E-state index is 11.9. The molecule has 0 saturated carbocycles. The first-order valence-electron chi connectivity index (χ1n) is 6.67. The van der Waals surface area contributed by atoms with Crippen LogP contribution < -0.4 is 11.1 Å². The second-order valence-corrected chi connectivity index (χ2v) is 4.94. The first-order chi connectivity index (χ1) is 9.56. The number of nitrogens with zero attached hydrogens (tertiary/aromatic N) is 2. The Hall–Kier alpha value is -2.30. The molecule has 2 rings (SSSR count). The predicted molar refractivity (Wildman–Crippen MR) is 78.9 cm³/mol. The molecule has 3 N–H and O–H groups in total. The molecular weight excluding hydrogens is 252 g/mol. The number of hydrogen-bond acceptors (Lipinski definition) is 3. The number of aryl methyl sites for hydroxylation is 2. The highest BCUT2D eigenvalue weighted by molar-refractivity contribution is 5.76. The van der Waals surface area contributed by atoms with Gasteiger partial charge in [0.1, 0.15) is 0 Å². The van der Waals surface area contributed by atoms with Crippen LogP contribution in [0.1, 0.15) is 30.5 Å². The molecule has 1 aromatic heterocycles. The fourth-order valence-electron chi connectivity index (χ4n) is 2.07. The molecule has 2 aromatic rings. The Kier molecular flexibility index (Phi) is 4.40. The topological polar surface area (TPSA) is 72.9 Å². The maximum atomic E-state index is 11.9. The van der Waals surface area contributed by atoms with Gasteiger partial charge in [-0.05, 0) is 25.0 Å². The monoisotopic (exact) mass is 272 g/mol. The zero-order chi connectivity index (χ0) is 14.5. The van der Waals surface area contributed by atoms with Crippen LogP contribution in [0, 0.1) is 0 Å². The number of aromatic nitrogens is 2. The van der Waals surface area contributed by atoms with E-state index in [0.29, 0.717) is 12.8 Å². The SMILES string of the molecule is CC(NC(=O)CCc1ccccc1N)c1cnn(C)c1. The van der Waals surface area contributed by atoms with E-state index in [1.807, 2.05) is 44.4 Å². The van der Waals surface area contributed by atoms with Gasteiger partial charge in [0, 0.05) is 30.9 Å². The fourth-order valence-corrected chi connectivity index (χ4v) is 2.07. The van der Waals surface area contributed by atoms with Gasteiger partial charge >= 0.3 is 0 Å². The zero-order valence-corrected chi connectivity index (χ0v) is 11.8. The summed E-state index contributed by atoms with van der Waals surface area (Å²) in [6, 6.07) is 7.59. The Labute approximate surface area is 118 Å². The third-order valence-corrected chi connectivity index (χ3v) is 3.28. The summed E-state index contributed by atoms with van der Waals surface area (Å²) in [6.45, 7) is 1.95. The van der Waals surface area contributed by atoms with Gasteiger partial charge in [0.25, 0.3) is 0 Å². The molecule has 1 aromatic carbocycles. The average molecular weight is 272 g/mol. The summed E-state index contributed by atoms with van der Waals surface area (Å²) >= 11 is 0. The van der Waals surface area contributed by atoms with Crippen molar-refractivity contribution in [2.75, 3.05) is 5.73 Å². The molecule has 1 heterocycles. The molecular formula is C15H20N4O. The lowest BCUT2D eigenvalue weighted by atomic mass is 10.1. The van der Waals surface area contributed by atoms with Crippen molar-refractivity contribution < 1.29 is 4.79 Å². The van der Waals surface area contributed by atoms with Crippen molar-refractivity contribution in [2.24, 2.45) is 7.05 Å². The number of benzene rings is 1. The predicted octanol–water partition coefficient (Wildman–Crippen LogP) is 1.81. The van der Waals surface area contributed by atoms with E-state index in [4.69, 9.17) is 5.73 Å². The summed E-state index contributed by atoms with van der Waals surface area (Å²) in [4.78, 5) is 11.9. The van der Waals surface area contributed by atoms with Crippen LogP contribution in [-0.2, 0) is 18.3 Å². The number of nitrogens with one attached hydrogen (secondary N) is 1. The van der Waals surface area contributed by atoms with Gasteiger partial charge in [-0.2, -0.15) is 5.10 Å². The van der Waals surface area contributed by atoms with Gasteiger partial charge in [-0.1, -0.05) is 18.2 Å². The molecule has 5 nitrogen and oxygen atoms in total. The van der Waals surface area contributed by atoms with E-state index >= 15 is 0 Å². The molecule has 0 fully saturated rings. The molecule has 1 unspecified atom stereocenters. The Morgan fingerprint density at radius 3 is 2.85 bits per heavy atom. The molecule has 1 amide bonds. The van der Waals surface area contributed by atoms with Crippen molar-refractivity contribution in [1.29, 1.82) is 0 Å². The van der Waals surface area contributed by atoms with Crippen molar-refractivity contribution in [3.8, 4) is 0 Å². The van der Waals surface area contributed by atoms with Crippen molar-refractivity contribution in [1.82, 2.24) is 15.1 Å². The molecule has 0 radical (unpaired) electrons. The molecule has 0 saturated heterocycles. The number of para-hydroxylation sites is 1. The minimum absolute atomic E-state index is 0.0182. The summed E-state index contributed by atoms with van der Waals surface area (Å²) in [5.74, 6) is 0.0182. The Bertz CT molecular complexity index is 591. The van der Waals surface area contributed by atoms with Gasteiger partial charge in [-0.25, -0.2) is 0 Å². The van der Waals surface area contributed by atoms with Gasteiger partial charge in [0.15, 0.2) is 0 Å². The highest BCUT2D eigenvalue weighted by Crippen LogP contribution is 2.14.